The first-order chi connectivity index (χ1) is 24.3. The fraction of sp³-hybridized carbons (Fsp3) is 0. The van der Waals surface area contributed by atoms with Crippen LogP contribution in [0.3, 0.4) is 0 Å². The average molecular weight is 626 g/mol. The maximum Gasteiger partial charge on any atom is 0.164 e. The van der Waals surface area contributed by atoms with Crippen molar-refractivity contribution >= 4 is 54.3 Å². The zero-order valence-electron chi connectivity index (χ0n) is 26.3. The Kier molecular flexibility index (Phi) is 6.15. The molecule has 0 radical (unpaired) electrons. The van der Waals surface area contributed by atoms with Crippen molar-refractivity contribution in [3.8, 4) is 45.3 Å². The van der Waals surface area contributed by atoms with Gasteiger partial charge in [0.15, 0.2) is 17.5 Å². The quantitative estimate of drug-likeness (QED) is 0.183. The predicted molar refractivity (Wildman–Crippen MR) is 201 cm³/mol. The lowest BCUT2D eigenvalue weighted by Crippen LogP contribution is -2.00. The molecule has 10 rings (SSSR count). The van der Waals surface area contributed by atoms with Crippen LogP contribution < -0.4 is 0 Å². The summed E-state index contributed by atoms with van der Waals surface area (Å²) in [7, 11) is 0. The maximum atomic E-state index is 6.61. The van der Waals surface area contributed by atoms with Crippen LogP contribution in [-0.2, 0) is 0 Å². The molecule has 10 aromatic rings. The van der Waals surface area contributed by atoms with E-state index in [1.807, 2.05) is 72.8 Å². The minimum Gasteiger partial charge on any atom is -0.456 e. The summed E-state index contributed by atoms with van der Waals surface area (Å²) < 4.78 is 6.61. The van der Waals surface area contributed by atoms with Crippen LogP contribution in [0, 0.1) is 0 Å². The van der Waals surface area contributed by atoms with Gasteiger partial charge in [0.1, 0.15) is 11.2 Å². The average Bonchev–Trinajstić information content (AvgIpc) is 3.56. The number of hydrogen-bond acceptors (Lipinski definition) is 4. The number of aromatic nitrogens is 3. The van der Waals surface area contributed by atoms with E-state index < -0.39 is 0 Å². The standard InChI is InChI=1S/C45H27N3O/c1-3-14-29(15-4-1)43-46-44(30-16-5-2-6-17-30)48-45(47-43)38-26-32(27-40-42(38)36-21-11-12-22-39(36)49-40)37-25-31-18-8-10-20-34(31)41-33-19-9-7-13-28(33)23-24-35(37)41/h1-27H. The van der Waals surface area contributed by atoms with E-state index in [0.717, 1.165) is 49.8 Å². The van der Waals surface area contributed by atoms with Crippen LogP contribution >= 0.6 is 0 Å². The zero-order chi connectivity index (χ0) is 32.3. The molecular weight excluding hydrogens is 599 g/mol. The molecule has 0 fully saturated rings. The molecule has 4 heteroatoms. The molecule has 0 unspecified atom stereocenters. The van der Waals surface area contributed by atoms with Gasteiger partial charge < -0.3 is 4.42 Å². The molecule has 49 heavy (non-hydrogen) atoms. The van der Waals surface area contributed by atoms with E-state index in [1.165, 1.54) is 32.3 Å². The van der Waals surface area contributed by atoms with Gasteiger partial charge in [-0.05, 0) is 67.7 Å². The Hall–Kier alpha value is -6.65. The van der Waals surface area contributed by atoms with E-state index in [1.54, 1.807) is 0 Å². The highest BCUT2D eigenvalue weighted by Gasteiger charge is 2.21. The third-order valence-corrected chi connectivity index (χ3v) is 9.48. The van der Waals surface area contributed by atoms with E-state index in [9.17, 15) is 0 Å². The van der Waals surface area contributed by atoms with Crippen molar-refractivity contribution in [2.75, 3.05) is 0 Å². The van der Waals surface area contributed by atoms with Gasteiger partial charge in [-0.2, -0.15) is 0 Å². The third-order valence-electron chi connectivity index (χ3n) is 9.48. The summed E-state index contributed by atoms with van der Waals surface area (Å²) in [4.78, 5) is 15.3. The number of benzene rings is 8. The van der Waals surface area contributed by atoms with E-state index in [4.69, 9.17) is 19.4 Å². The Balaban J connectivity index is 1.32. The fourth-order valence-corrected chi connectivity index (χ4v) is 7.22. The SMILES string of the molecule is c1ccc(-c2nc(-c3ccccc3)nc(-c3cc(-c4cc5ccccc5c5c4ccc4ccccc45)cc4oc5ccccc5c34)n2)cc1. The molecule has 228 valence electrons. The van der Waals surface area contributed by atoms with E-state index in [0.29, 0.717) is 17.5 Å². The largest absolute Gasteiger partial charge is 0.456 e. The number of fused-ring (bicyclic) bond motifs is 8. The second-order valence-corrected chi connectivity index (χ2v) is 12.4. The first kappa shape index (κ1) is 27.5. The Morgan fingerprint density at radius 3 is 1.61 bits per heavy atom. The predicted octanol–water partition coefficient (Wildman–Crippen LogP) is 11.9. The Labute approximate surface area is 282 Å². The van der Waals surface area contributed by atoms with E-state index >= 15 is 0 Å². The molecule has 0 saturated heterocycles. The summed E-state index contributed by atoms with van der Waals surface area (Å²) >= 11 is 0. The van der Waals surface area contributed by atoms with Crippen molar-refractivity contribution in [1.82, 2.24) is 15.0 Å². The van der Waals surface area contributed by atoms with Crippen molar-refractivity contribution in [3.63, 3.8) is 0 Å². The number of para-hydroxylation sites is 1. The van der Waals surface area contributed by atoms with Crippen LogP contribution in [0.4, 0.5) is 0 Å². The molecule has 0 N–H and O–H groups in total. The van der Waals surface area contributed by atoms with Crippen LogP contribution in [0.2, 0.25) is 0 Å². The van der Waals surface area contributed by atoms with Crippen molar-refractivity contribution in [2.45, 2.75) is 0 Å². The Bertz CT molecular complexity index is 2800. The first-order valence-corrected chi connectivity index (χ1v) is 16.4. The maximum absolute atomic E-state index is 6.61. The highest BCUT2D eigenvalue weighted by Crippen LogP contribution is 2.43. The smallest absolute Gasteiger partial charge is 0.164 e. The topological polar surface area (TPSA) is 51.8 Å². The molecule has 2 aromatic heterocycles. The zero-order valence-corrected chi connectivity index (χ0v) is 26.3. The Morgan fingerprint density at radius 2 is 0.898 bits per heavy atom. The molecular formula is C45H27N3O. The highest BCUT2D eigenvalue weighted by molar-refractivity contribution is 6.24. The van der Waals surface area contributed by atoms with E-state index in [-0.39, 0.29) is 0 Å². The number of nitrogens with zero attached hydrogens (tertiary/aromatic N) is 3. The van der Waals surface area contributed by atoms with Crippen molar-refractivity contribution in [3.05, 3.63) is 164 Å². The third kappa shape index (κ3) is 4.49. The summed E-state index contributed by atoms with van der Waals surface area (Å²) in [6.07, 6.45) is 0. The van der Waals surface area contributed by atoms with Gasteiger partial charge in [0, 0.05) is 27.5 Å². The monoisotopic (exact) mass is 625 g/mol. The molecule has 0 aliphatic carbocycles. The Morgan fingerprint density at radius 1 is 0.327 bits per heavy atom. The number of hydrogen-bond donors (Lipinski definition) is 0. The van der Waals surface area contributed by atoms with Gasteiger partial charge in [-0.3, -0.25) is 0 Å². The lowest BCUT2D eigenvalue weighted by atomic mass is 9.89. The summed E-state index contributed by atoms with van der Waals surface area (Å²) in [5.74, 6) is 1.85. The molecule has 2 heterocycles. The van der Waals surface area contributed by atoms with Gasteiger partial charge >= 0.3 is 0 Å². The summed E-state index contributed by atoms with van der Waals surface area (Å²) in [6, 6.07) is 56.9. The summed E-state index contributed by atoms with van der Waals surface area (Å²) in [5.41, 5.74) is 6.54. The minimum absolute atomic E-state index is 0.599. The summed E-state index contributed by atoms with van der Waals surface area (Å²) in [6.45, 7) is 0. The van der Waals surface area contributed by atoms with E-state index in [2.05, 4.69) is 91.0 Å². The fourth-order valence-electron chi connectivity index (χ4n) is 7.22. The van der Waals surface area contributed by atoms with Crippen molar-refractivity contribution in [2.24, 2.45) is 0 Å². The van der Waals surface area contributed by atoms with Crippen molar-refractivity contribution in [1.29, 1.82) is 0 Å². The highest BCUT2D eigenvalue weighted by atomic mass is 16.3. The lowest BCUT2D eigenvalue weighted by molar-refractivity contribution is 0.669. The van der Waals surface area contributed by atoms with Gasteiger partial charge in [-0.25, -0.2) is 15.0 Å². The second kappa shape index (κ2) is 11.0. The number of furan rings is 1. The van der Waals surface area contributed by atoms with Crippen molar-refractivity contribution < 1.29 is 4.42 Å². The van der Waals surface area contributed by atoms with Crippen LogP contribution in [0.25, 0.3) is 99.5 Å². The molecule has 4 nitrogen and oxygen atoms in total. The number of rotatable bonds is 4. The summed E-state index contributed by atoms with van der Waals surface area (Å²) in [5, 5.41) is 9.32. The van der Waals surface area contributed by atoms with Gasteiger partial charge in [0.2, 0.25) is 0 Å². The molecule has 0 saturated carbocycles. The van der Waals surface area contributed by atoms with Gasteiger partial charge in [0.25, 0.3) is 0 Å². The lowest BCUT2D eigenvalue weighted by Gasteiger charge is -2.15. The van der Waals surface area contributed by atoms with Crippen LogP contribution in [0.5, 0.6) is 0 Å². The molecule has 0 aliphatic rings. The van der Waals surface area contributed by atoms with Gasteiger partial charge in [0.05, 0.1) is 0 Å². The second-order valence-electron chi connectivity index (χ2n) is 12.4. The molecule has 0 amide bonds. The minimum atomic E-state index is 0.599. The molecule has 0 atom stereocenters. The normalized spacial score (nSPS) is 11.7. The van der Waals surface area contributed by atoms with Crippen LogP contribution in [0.1, 0.15) is 0 Å². The molecule has 0 spiro atoms. The molecule has 0 aliphatic heterocycles. The first-order valence-electron chi connectivity index (χ1n) is 16.4. The van der Waals surface area contributed by atoms with Gasteiger partial charge in [-0.1, -0.05) is 140 Å². The van der Waals surface area contributed by atoms with Crippen LogP contribution in [0.15, 0.2) is 168 Å². The van der Waals surface area contributed by atoms with Crippen LogP contribution in [-0.4, -0.2) is 15.0 Å². The molecule has 0 bridgehead atoms. The van der Waals surface area contributed by atoms with Gasteiger partial charge in [-0.15, -0.1) is 0 Å². The molecule has 8 aromatic carbocycles.